The Kier molecular flexibility index (Phi) is 4.72. The summed E-state index contributed by atoms with van der Waals surface area (Å²) in [6, 6.07) is 16.8. The van der Waals surface area contributed by atoms with E-state index < -0.39 is 6.10 Å². The Morgan fingerprint density at radius 1 is 1.16 bits per heavy atom. The lowest BCUT2D eigenvalue weighted by Crippen LogP contribution is -2.16. The Hall–Kier alpha value is -1.64. The van der Waals surface area contributed by atoms with Gasteiger partial charge in [0.15, 0.2) is 5.78 Å². The van der Waals surface area contributed by atoms with Crippen LogP contribution >= 0.6 is 11.6 Å². The number of methoxy groups -OCH3 is 1. The fraction of sp³-hybridized carbons (Fsp3) is 0.188. The van der Waals surface area contributed by atoms with Crippen LogP contribution in [0.15, 0.2) is 54.6 Å². The highest BCUT2D eigenvalue weighted by Gasteiger charge is 2.19. The van der Waals surface area contributed by atoms with Crippen LogP contribution in [0.1, 0.15) is 17.2 Å². The molecule has 0 radical (unpaired) electrons. The van der Waals surface area contributed by atoms with Crippen LogP contribution in [0.5, 0.6) is 0 Å². The lowest BCUT2D eigenvalue weighted by Gasteiger charge is -2.14. The van der Waals surface area contributed by atoms with E-state index in [-0.39, 0.29) is 5.78 Å². The van der Waals surface area contributed by atoms with Crippen molar-refractivity contribution in [2.45, 2.75) is 12.5 Å². The SMILES string of the molecule is COC(C(=O)Cc1cccc(Cl)c1)c1ccccc1. The summed E-state index contributed by atoms with van der Waals surface area (Å²) in [6.45, 7) is 0. The molecule has 2 aromatic carbocycles. The van der Waals surface area contributed by atoms with Crippen molar-refractivity contribution in [1.82, 2.24) is 0 Å². The van der Waals surface area contributed by atoms with Crippen LogP contribution in [0.3, 0.4) is 0 Å². The summed E-state index contributed by atoms with van der Waals surface area (Å²) in [7, 11) is 1.55. The van der Waals surface area contributed by atoms with E-state index in [1.165, 1.54) is 0 Å². The van der Waals surface area contributed by atoms with Gasteiger partial charge in [0, 0.05) is 18.6 Å². The summed E-state index contributed by atoms with van der Waals surface area (Å²) in [5.74, 6) is 0.0240. The number of carbonyl (C=O) groups excluding carboxylic acids is 1. The summed E-state index contributed by atoms with van der Waals surface area (Å²) in [6.07, 6.45) is -0.214. The van der Waals surface area contributed by atoms with Gasteiger partial charge < -0.3 is 4.74 Å². The molecule has 0 amide bonds. The van der Waals surface area contributed by atoms with Crippen molar-refractivity contribution in [1.29, 1.82) is 0 Å². The molecule has 0 fully saturated rings. The largest absolute Gasteiger partial charge is 0.369 e. The number of benzene rings is 2. The smallest absolute Gasteiger partial charge is 0.170 e. The highest BCUT2D eigenvalue weighted by Crippen LogP contribution is 2.20. The molecule has 0 aliphatic heterocycles. The van der Waals surface area contributed by atoms with Crippen molar-refractivity contribution in [3.8, 4) is 0 Å². The Morgan fingerprint density at radius 3 is 2.53 bits per heavy atom. The van der Waals surface area contributed by atoms with Gasteiger partial charge in [-0.15, -0.1) is 0 Å². The fourth-order valence-corrected chi connectivity index (χ4v) is 2.23. The number of ketones is 1. The zero-order valence-electron chi connectivity index (χ0n) is 10.7. The molecular weight excluding hydrogens is 260 g/mol. The van der Waals surface area contributed by atoms with Crippen LogP contribution in [0.4, 0.5) is 0 Å². The van der Waals surface area contributed by atoms with Crippen molar-refractivity contribution in [2.75, 3.05) is 7.11 Å². The molecule has 2 aromatic rings. The standard InChI is InChI=1S/C16H15ClO2/c1-19-16(13-7-3-2-4-8-13)15(18)11-12-6-5-9-14(17)10-12/h2-10,16H,11H2,1H3. The van der Waals surface area contributed by atoms with Gasteiger partial charge in [-0.05, 0) is 23.3 Å². The van der Waals surface area contributed by atoms with E-state index in [1.54, 1.807) is 19.2 Å². The number of rotatable bonds is 5. The van der Waals surface area contributed by atoms with Crippen LogP contribution < -0.4 is 0 Å². The van der Waals surface area contributed by atoms with Gasteiger partial charge >= 0.3 is 0 Å². The summed E-state index contributed by atoms with van der Waals surface area (Å²) < 4.78 is 5.32. The molecule has 3 heteroatoms. The fourth-order valence-electron chi connectivity index (χ4n) is 2.02. The second-order valence-corrected chi connectivity index (χ2v) is 4.74. The molecule has 1 atom stereocenters. The molecule has 0 heterocycles. The Balaban J connectivity index is 2.14. The minimum atomic E-state index is -0.528. The number of hydrogen-bond donors (Lipinski definition) is 0. The second-order valence-electron chi connectivity index (χ2n) is 4.30. The molecule has 0 saturated heterocycles. The molecule has 98 valence electrons. The average Bonchev–Trinajstić information content (AvgIpc) is 2.41. The van der Waals surface area contributed by atoms with Gasteiger partial charge in [0.1, 0.15) is 6.10 Å². The average molecular weight is 275 g/mol. The monoisotopic (exact) mass is 274 g/mol. The number of ether oxygens (including phenoxy) is 1. The van der Waals surface area contributed by atoms with Crippen LogP contribution in [-0.2, 0) is 16.0 Å². The third-order valence-corrected chi connectivity index (χ3v) is 3.13. The number of halogens is 1. The molecule has 2 rings (SSSR count). The first kappa shape index (κ1) is 13.8. The van der Waals surface area contributed by atoms with E-state index in [0.717, 1.165) is 11.1 Å². The van der Waals surface area contributed by atoms with Gasteiger partial charge in [-0.25, -0.2) is 0 Å². The van der Waals surface area contributed by atoms with Gasteiger partial charge in [-0.1, -0.05) is 54.1 Å². The summed E-state index contributed by atoms with van der Waals surface area (Å²) in [5, 5.41) is 0.638. The topological polar surface area (TPSA) is 26.3 Å². The Morgan fingerprint density at radius 2 is 1.89 bits per heavy atom. The van der Waals surface area contributed by atoms with E-state index in [9.17, 15) is 4.79 Å². The van der Waals surface area contributed by atoms with Crippen LogP contribution in [0.2, 0.25) is 5.02 Å². The second kappa shape index (κ2) is 6.50. The number of carbonyl (C=O) groups is 1. The highest BCUT2D eigenvalue weighted by molar-refractivity contribution is 6.30. The van der Waals surface area contributed by atoms with E-state index in [2.05, 4.69) is 0 Å². The molecule has 0 spiro atoms. The van der Waals surface area contributed by atoms with Crippen LogP contribution in [-0.4, -0.2) is 12.9 Å². The minimum Gasteiger partial charge on any atom is -0.369 e. The molecule has 0 aromatic heterocycles. The van der Waals surface area contributed by atoms with E-state index >= 15 is 0 Å². The minimum absolute atomic E-state index is 0.0240. The van der Waals surface area contributed by atoms with Crippen molar-refractivity contribution in [3.63, 3.8) is 0 Å². The Labute approximate surface area is 118 Å². The van der Waals surface area contributed by atoms with E-state index in [4.69, 9.17) is 16.3 Å². The predicted octanol–water partition coefficient (Wildman–Crippen LogP) is 3.84. The molecule has 19 heavy (non-hydrogen) atoms. The maximum absolute atomic E-state index is 12.3. The molecular formula is C16H15ClO2. The molecule has 0 N–H and O–H groups in total. The van der Waals surface area contributed by atoms with Crippen molar-refractivity contribution in [2.24, 2.45) is 0 Å². The molecule has 2 nitrogen and oxygen atoms in total. The maximum Gasteiger partial charge on any atom is 0.170 e. The molecule has 0 bridgehead atoms. The lowest BCUT2D eigenvalue weighted by molar-refractivity contribution is -0.128. The summed E-state index contributed by atoms with van der Waals surface area (Å²) >= 11 is 5.92. The molecule has 0 saturated carbocycles. The summed E-state index contributed by atoms with van der Waals surface area (Å²) in [4.78, 5) is 12.3. The molecule has 0 aliphatic rings. The highest BCUT2D eigenvalue weighted by atomic mass is 35.5. The third kappa shape index (κ3) is 3.66. The first-order chi connectivity index (χ1) is 9.20. The van der Waals surface area contributed by atoms with Gasteiger partial charge in [-0.3, -0.25) is 4.79 Å². The molecule has 0 aliphatic carbocycles. The van der Waals surface area contributed by atoms with Gasteiger partial charge in [0.2, 0.25) is 0 Å². The van der Waals surface area contributed by atoms with Crippen LogP contribution in [0, 0.1) is 0 Å². The van der Waals surface area contributed by atoms with E-state index in [0.29, 0.717) is 11.4 Å². The number of Topliss-reactive ketones (excluding diaryl/α,β-unsaturated/α-hetero) is 1. The first-order valence-electron chi connectivity index (χ1n) is 6.05. The quantitative estimate of drug-likeness (QED) is 0.828. The van der Waals surface area contributed by atoms with E-state index in [1.807, 2.05) is 42.5 Å². The van der Waals surface area contributed by atoms with Gasteiger partial charge in [0.25, 0.3) is 0 Å². The summed E-state index contributed by atoms with van der Waals surface area (Å²) in [5.41, 5.74) is 1.77. The number of hydrogen-bond acceptors (Lipinski definition) is 2. The van der Waals surface area contributed by atoms with Crippen molar-refractivity contribution >= 4 is 17.4 Å². The lowest BCUT2D eigenvalue weighted by atomic mass is 10.00. The predicted molar refractivity (Wildman–Crippen MR) is 76.4 cm³/mol. The first-order valence-corrected chi connectivity index (χ1v) is 6.43. The maximum atomic E-state index is 12.3. The normalized spacial score (nSPS) is 12.1. The van der Waals surface area contributed by atoms with Crippen molar-refractivity contribution in [3.05, 3.63) is 70.7 Å². The zero-order valence-corrected chi connectivity index (χ0v) is 11.4. The molecule has 1 unspecified atom stereocenters. The van der Waals surface area contributed by atoms with Crippen molar-refractivity contribution < 1.29 is 9.53 Å². The van der Waals surface area contributed by atoms with Gasteiger partial charge in [-0.2, -0.15) is 0 Å². The third-order valence-electron chi connectivity index (χ3n) is 2.90. The van der Waals surface area contributed by atoms with Crippen LogP contribution in [0.25, 0.3) is 0 Å². The van der Waals surface area contributed by atoms with Gasteiger partial charge in [0.05, 0.1) is 0 Å². The Bertz CT molecular complexity index is 552. The zero-order chi connectivity index (χ0) is 13.7.